The first kappa shape index (κ1) is 14.3. The quantitative estimate of drug-likeness (QED) is 0.899. The van der Waals surface area contributed by atoms with Gasteiger partial charge >= 0.3 is 0 Å². The van der Waals surface area contributed by atoms with Gasteiger partial charge < -0.3 is 5.32 Å². The van der Waals surface area contributed by atoms with Gasteiger partial charge in [-0.2, -0.15) is 0 Å². The molecule has 0 fully saturated rings. The van der Waals surface area contributed by atoms with Crippen molar-refractivity contribution in [2.75, 3.05) is 17.1 Å². The van der Waals surface area contributed by atoms with Gasteiger partial charge in [-0.05, 0) is 37.6 Å². The van der Waals surface area contributed by atoms with E-state index in [1.807, 2.05) is 19.9 Å². The van der Waals surface area contributed by atoms with E-state index < -0.39 is 10.0 Å². The minimum Gasteiger partial charge on any atom is -0.387 e. The minimum atomic E-state index is -3.73. The van der Waals surface area contributed by atoms with Crippen LogP contribution in [0.2, 0.25) is 0 Å². The summed E-state index contributed by atoms with van der Waals surface area (Å²) in [5.74, 6) is 0.299. The SMILES string of the molecule is CNc1ccncc1S(=O)(=O)Nc1cc(C)cc(C)n1. The van der Waals surface area contributed by atoms with Gasteiger partial charge in [0.25, 0.3) is 10.0 Å². The van der Waals surface area contributed by atoms with Gasteiger partial charge in [0.2, 0.25) is 0 Å². The third-order valence-electron chi connectivity index (χ3n) is 2.68. The molecular weight excluding hydrogens is 276 g/mol. The molecule has 0 spiro atoms. The largest absolute Gasteiger partial charge is 0.387 e. The maximum Gasteiger partial charge on any atom is 0.266 e. The van der Waals surface area contributed by atoms with E-state index in [9.17, 15) is 8.42 Å². The van der Waals surface area contributed by atoms with E-state index >= 15 is 0 Å². The molecule has 0 atom stereocenters. The van der Waals surface area contributed by atoms with E-state index in [-0.39, 0.29) is 4.90 Å². The van der Waals surface area contributed by atoms with Crippen molar-refractivity contribution in [1.29, 1.82) is 0 Å². The highest BCUT2D eigenvalue weighted by Gasteiger charge is 2.19. The minimum absolute atomic E-state index is 0.0865. The molecule has 0 saturated carbocycles. The highest BCUT2D eigenvalue weighted by Crippen LogP contribution is 2.22. The molecule has 6 nitrogen and oxygen atoms in total. The molecule has 2 rings (SSSR count). The molecule has 0 aliphatic carbocycles. The van der Waals surface area contributed by atoms with Crippen molar-refractivity contribution >= 4 is 21.5 Å². The fourth-order valence-corrected chi connectivity index (χ4v) is 3.04. The number of anilines is 2. The average Bonchev–Trinajstić information content (AvgIpc) is 2.36. The van der Waals surface area contributed by atoms with Gasteiger partial charge in [0, 0.05) is 25.1 Å². The molecule has 20 heavy (non-hydrogen) atoms. The first-order valence-corrected chi connectivity index (χ1v) is 7.50. The molecule has 106 valence electrons. The zero-order valence-corrected chi connectivity index (χ0v) is 12.3. The van der Waals surface area contributed by atoms with Gasteiger partial charge in [-0.3, -0.25) is 9.71 Å². The predicted octanol–water partition coefficient (Wildman–Crippen LogP) is 1.94. The molecule has 2 heterocycles. The molecule has 0 aliphatic rings. The number of aromatic nitrogens is 2. The lowest BCUT2D eigenvalue weighted by Gasteiger charge is -2.11. The zero-order valence-electron chi connectivity index (χ0n) is 11.5. The van der Waals surface area contributed by atoms with Crippen molar-refractivity contribution in [3.8, 4) is 0 Å². The van der Waals surface area contributed by atoms with Crippen LogP contribution in [0.1, 0.15) is 11.3 Å². The van der Waals surface area contributed by atoms with Crippen molar-refractivity contribution in [2.24, 2.45) is 0 Å². The number of hydrogen-bond donors (Lipinski definition) is 2. The molecule has 2 N–H and O–H groups in total. The highest BCUT2D eigenvalue weighted by atomic mass is 32.2. The van der Waals surface area contributed by atoms with Gasteiger partial charge in [-0.1, -0.05) is 0 Å². The molecule has 0 aliphatic heterocycles. The summed E-state index contributed by atoms with van der Waals surface area (Å²) in [6.07, 6.45) is 2.83. The lowest BCUT2D eigenvalue weighted by Crippen LogP contribution is -2.16. The van der Waals surface area contributed by atoms with E-state index in [0.29, 0.717) is 11.5 Å². The smallest absolute Gasteiger partial charge is 0.266 e. The van der Waals surface area contributed by atoms with Gasteiger partial charge in [0.15, 0.2) is 0 Å². The predicted molar refractivity (Wildman–Crippen MR) is 78.3 cm³/mol. The molecule has 0 amide bonds. The third kappa shape index (κ3) is 3.05. The van der Waals surface area contributed by atoms with Crippen LogP contribution in [0, 0.1) is 13.8 Å². The standard InChI is InChI=1S/C13H16N4O2S/c1-9-6-10(2)16-13(7-9)17-20(18,19)12-8-15-5-4-11(12)14-3/h4-8H,1-3H3,(H,14,15)(H,16,17). The van der Waals surface area contributed by atoms with Crippen LogP contribution in [0.25, 0.3) is 0 Å². The zero-order chi connectivity index (χ0) is 14.8. The second kappa shape index (κ2) is 5.46. The fourth-order valence-electron chi connectivity index (χ4n) is 1.89. The Kier molecular flexibility index (Phi) is 3.89. The Hall–Kier alpha value is -2.15. The summed E-state index contributed by atoms with van der Waals surface area (Å²) < 4.78 is 27.2. The summed E-state index contributed by atoms with van der Waals surface area (Å²) >= 11 is 0. The fraction of sp³-hybridized carbons (Fsp3) is 0.231. The van der Waals surface area contributed by atoms with Crippen molar-refractivity contribution < 1.29 is 8.42 Å². The molecule has 0 bridgehead atoms. The maximum absolute atomic E-state index is 12.4. The first-order chi connectivity index (χ1) is 9.42. The van der Waals surface area contributed by atoms with E-state index in [2.05, 4.69) is 20.0 Å². The molecule has 0 unspecified atom stereocenters. The molecule has 0 aromatic carbocycles. The van der Waals surface area contributed by atoms with E-state index in [1.165, 1.54) is 12.4 Å². The van der Waals surface area contributed by atoms with Gasteiger partial charge in [-0.25, -0.2) is 13.4 Å². The number of nitrogens with one attached hydrogen (secondary N) is 2. The number of sulfonamides is 1. The number of rotatable bonds is 4. The van der Waals surface area contributed by atoms with E-state index in [4.69, 9.17) is 0 Å². The van der Waals surface area contributed by atoms with Crippen LogP contribution >= 0.6 is 0 Å². The van der Waals surface area contributed by atoms with Crippen molar-refractivity contribution in [3.63, 3.8) is 0 Å². The summed E-state index contributed by atoms with van der Waals surface area (Å²) in [6, 6.07) is 5.16. The molecule has 7 heteroatoms. The van der Waals surface area contributed by atoms with Crippen LogP contribution in [0.4, 0.5) is 11.5 Å². The Morgan fingerprint density at radius 3 is 2.60 bits per heavy atom. The van der Waals surface area contributed by atoms with Gasteiger partial charge in [0.1, 0.15) is 10.7 Å². The highest BCUT2D eigenvalue weighted by molar-refractivity contribution is 7.92. The Morgan fingerprint density at radius 1 is 1.20 bits per heavy atom. The summed E-state index contributed by atoms with van der Waals surface area (Å²) in [7, 11) is -2.07. The number of pyridine rings is 2. The maximum atomic E-state index is 12.4. The normalized spacial score (nSPS) is 11.2. The van der Waals surface area contributed by atoms with Crippen LogP contribution in [-0.2, 0) is 10.0 Å². The Balaban J connectivity index is 2.41. The molecular formula is C13H16N4O2S. The molecule has 2 aromatic rings. The van der Waals surface area contributed by atoms with E-state index in [0.717, 1.165) is 11.3 Å². The summed E-state index contributed by atoms with van der Waals surface area (Å²) in [5.41, 5.74) is 2.18. The Morgan fingerprint density at radius 2 is 1.95 bits per heavy atom. The second-order valence-electron chi connectivity index (χ2n) is 4.40. The van der Waals surface area contributed by atoms with Crippen LogP contribution < -0.4 is 10.0 Å². The van der Waals surface area contributed by atoms with Crippen molar-refractivity contribution in [3.05, 3.63) is 41.9 Å². The monoisotopic (exact) mass is 292 g/mol. The van der Waals surface area contributed by atoms with Gasteiger partial charge in [0.05, 0.1) is 5.69 Å². The summed E-state index contributed by atoms with van der Waals surface area (Å²) in [4.78, 5) is 8.11. The van der Waals surface area contributed by atoms with Gasteiger partial charge in [-0.15, -0.1) is 0 Å². The summed E-state index contributed by atoms with van der Waals surface area (Å²) in [5, 5.41) is 2.83. The summed E-state index contributed by atoms with van der Waals surface area (Å²) in [6.45, 7) is 3.70. The first-order valence-electron chi connectivity index (χ1n) is 6.02. The van der Waals surface area contributed by atoms with Crippen LogP contribution in [-0.4, -0.2) is 25.4 Å². The lowest BCUT2D eigenvalue weighted by molar-refractivity contribution is 0.601. The van der Waals surface area contributed by atoms with Crippen LogP contribution in [0.3, 0.4) is 0 Å². The number of nitrogens with zero attached hydrogens (tertiary/aromatic N) is 2. The third-order valence-corrected chi connectivity index (χ3v) is 4.06. The topological polar surface area (TPSA) is 84.0 Å². The Bertz CT molecular complexity index is 709. The Labute approximate surface area is 118 Å². The van der Waals surface area contributed by atoms with Crippen LogP contribution in [0.15, 0.2) is 35.5 Å². The van der Waals surface area contributed by atoms with Crippen LogP contribution in [0.5, 0.6) is 0 Å². The van der Waals surface area contributed by atoms with E-state index in [1.54, 1.807) is 19.2 Å². The molecule has 2 aromatic heterocycles. The number of hydrogen-bond acceptors (Lipinski definition) is 5. The second-order valence-corrected chi connectivity index (χ2v) is 6.05. The number of aryl methyl sites for hydroxylation is 2. The average molecular weight is 292 g/mol. The lowest BCUT2D eigenvalue weighted by atomic mass is 10.2. The van der Waals surface area contributed by atoms with Crippen molar-refractivity contribution in [1.82, 2.24) is 9.97 Å². The van der Waals surface area contributed by atoms with Crippen molar-refractivity contribution in [2.45, 2.75) is 18.7 Å². The molecule has 0 radical (unpaired) electrons. The molecule has 0 saturated heterocycles.